The van der Waals surface area contributed by atoms with Crippen molar-refractivity contribution in [3.63, 3.8) is 0 Å². The summed E-state index contributed by atoms with van der Waals surface area (Å²) >= 11 is 6.37. The van der Waals surface area contributed by atoms with Crippen LogP contribution in [0.15, 0.2) is 30.6 Å². The third-order valence-corrected chi connectivity index (χ3v) is 6.17. The van der Waals surface area contributed by atoms with E-state index in [1.807, 2.05) is 23.9 Å². The van der Waals surface area contributed by atoms with Crippen molar-refractivity contribution in [3.8, 4) is 0 Å². The number of hydrogen-bond acceptors (Lipinski definition) is 5. The molecule has 1 aliphatic carbocycles. The van der Waals surface area contributed by atoms with E-state index in [1.54, 1.807) is 18.3 Å². The lowest BCUT2D eigenvalue weighted by atomic mass is 9.96. The number of nitrogens with one attached hydrogen (secondary N) is 1. The average molecular weight is 428 g/mol. The third kappa shape index (κ3) is 4.26. The van der Waals surface area contributed by atoms with Gasteiger partial charge < -0.3 is 10.4 Å². The fraction of sp³-hybridized carbons (Fsp3) is 0.455. The minimum absolute atomic E-state index is 0.378. The van der Waals surface area contributed by atoms with Gasteiger partial charge in [0.1, 0.15) is 0 Å². The fourth-order valence-corrected chi connectivity index (χ4v) is 4.52. The van der Waals surface area contributed by atoms with Crippen LogP contribution < -0.4 is 5.32 Å². The molecule has 0 saturated heterocycles. The minimum Gasteiger partial charge on any atom is -0.481 e. The first-order valence-corrected chi connectivity index (χ1v) is 10.9. The van der Waals surface area contributed by atoms with E-state index < -0.39 is 11.9 Å². The number of benzene rings is 1. The molecule has 1 saturated carbocycles. The summed E-state index contributed by atoms with van der Waals surface area (Å²) in [5.41, 5.74) is 2.16. The van der Waals surface area contributed by atoms with Crippen LogP contribution in [-0.2, 0) is 4.79 Å². The van der Waals surface area contributed by atoms with Gasteiger partial charge in [-0.3, -0.25) is 4.79 Å². The molecule has 1 aromatic carbocycles. The van der Waals surface area contributed by atoms with Crippen molar-refractivity contribution in [2.45, 2.75) is 63.8 Å². The maximum Gasteiger partial charge on any atom is 0.311 e. The largest absolute Gasteiger partial charge is 0.481 e. The summed E-state index contributed by atoms with van der Waals surface area (Å²) in [5.74, 6) is -1.03. The van der Waals surface area contributed by atoms with Crippen LogP contribution in [0.25, 0.3) is 11.0 Å². The van der Waals surface area contributed by atoms with Crippen molar-refractivity contribution >= 4 is 40.2 Å². The van der Waals surface area contributed by atoms with E-state index in [4.69, 9.17) is 16.6 Å². The van der Waals surface area contributed by atoms with E-state index in [2.05, 4.69) is 15.4 Å². The molecule has 0 aliphatic heterocycles. The van der Waals surface area contributed by atoms with E-state index in [0.29, 0.717) is 34.7 Å². The Morgan fingerprint density at radius 2 is 2.03 bits per heavy atom. The molecular formula is C22H26ClN5O2. The number of carboxylic acids is 1. The van der Waals surface area contributed by atoms with Gasteiger partial charge in [0.05, 0.1) is 23.5 Å². The highest BCUT2D eigenvalue weighted by molar-refractivity contribution is 6.32. The molecule has 158 valence electrons. The van der Waals surface area contributed by atoms with Crippen molar-refractivity contribution in [2.24, 2.45) is 0 Å². The van der Waals surface area contributed by atoms with Gasteiger partial charge in [0.15, 0.2) is 5.65 Å². The van der Waals surface area contributed by atoms with Crippen molar-refractivity contribution in [2.75, 3.05) is 5.32 Å². The van der Waals surface area contributed by atoms with Crippen LogP contribution in [0, 0.1) is 0 Å². The highest BCUT2D eigenvalue weighted by Gasteiger charge is 2.21. The SMILES string of the molecule is CCC(C(=O)O)c1ccc(Nc2ncc3cnn(C4CCCCCC4)c3n2)cc1Cl. The summed E-state index contributed by atoms with van der Waals surface area (Å²) in [7, 11) is 0. The molecule has 3 aromatic rings. The van der Waals surface area contributed by atoms with Gasteiger partial charge in [-0.1, -0.05) is 50.3 Å². The average Bonchev–Trinajstić information content (AvgIpc) is 2.95. The highest BCUT2D eigenvalue weighted by atomic mass is 35.5. The maximum absolute atomic E-state index is 11.4. The zero-order valence-electron chi connectivity index (χ0n) is 17.0. The second kappa shape index (κ2) is 9.00. The molecule has 1 atom stereocenters. The number of aliphatic carboxylic acids is 1. The van der Waals surface area contributed by atoms with Crippen molar-refractivity contribution in [1.82, 2.24) is 19.7 Å². The topological polar surface area (TPSA) is 92.9 Å². The number of aromatic nitrogens is 4. The second-order valence-electron chi connectivity index (χ2n) is 7.87. The molecule has 0 bridgehead atoms. The molecule has 2 aromatic heterocycles. The minimum atomic E-state index is -0.874. The summed E-state index contributed by atoms with van der Waals surface area (Å²) in [6.07, 6.45) is 11.4. The summed E-state index contributed by atoms with van der Waals surface area (Å²) in [6.45, 7) is 1.84. The Bertz CT molecular complexity index is 1040. The Balaban J connectivity index is 1.59. The quantitative estimate of drug-likeness (QED) is 0.490. The molecule has 8 heteroatoms. The van der Waals surface area contributed by atoms with Crippen LogP contribution in [0.4, 0.5) is 11.6 Å². The van der Waals surface area contributed by atoms with Gasteiger partial charge in [-0.15, -0.1) is 0 Å². The van der Waals surface area contributed by atoms with Gasteiger partial charge in [-0.25, -0.2) is 9.67 Å². The Morgan fingerprint density at radius 3 is 2.70 bits per heavy atom. The van der Waals surface area contributed by atoms with Crippen LogP contribution in [0.3, 0.4) is 0 Å². The van der Waals surface area contributed by atoms with Crippen LogP contribution in [0.2, 0.25) is 5.02 Å². The summed E-state index contributed by atoms with van der Waals surface area (Å²) in [4.78, 5) is 20.5. The van der Waals surface area contributed by atoms with E-state index >= 15 is 0 Å². The third-order valence-electron chi connectivity index (χ3n) is 5.84. The molecule has 1 unspecified atom stereocenters. The van der Waals surface area contributed by atoms with E-state index in [0.717, 1.165) is 23.9 Å². The summed E-state index contributed by atoms with van der Waals surface area (Å²) in [6, 6.07) is 5.66. The Labute approximate surface area is 180 Å². The number of rotatable bonds is 6. The van der Waals surface area contributed by atoms with Crippen LogP contribution in [0.1, 0.15) is 69.4 Å². The zero-order chi connectivity index (χ0) is 21.1. The Kier molecular flexibility index (Phi) is 6.18. The Morgan fingerprint density at radius 1 is 1.27 bits per heavy atom. The van der Waals surface area contributed by atoms with E-state index in [9.17, 15) is 9.90 Å². The van der Waals surface area contributed by atoms with E-state index in [-0.39, 0.29) is 0 Å². The predicted molar refractivity (Wildman–Crippen MR) is 117 cm³/mol. The zero-order valence-corrected chi connectivity index (χ0v) is 17.8. The lowest BCUT2D eigenvalue weighted by Crippen LogP contribution is -2.11. The first-order valence-electron chi connectivity index (χ1n) is 10.6. The number of halogens is 1. The molecule has 0 spiro atoms. The van der Waals surface area contributed by atoms with Crippen LogP contribution in [-0.4, -0.2) is 30.8 Å². The number of fused-ring (bicyclic) bond motifs is 1. The lowest BCUT2D eigenvalue weighted by molar-refractivity contribution is -0.138. The lowest BCUT2D eigenvalue weighted by Gasteiger charge is -2.16. The Hall–Kier alpha value is -2.67. The van der Waals surface area contributed by atoms with E-state index in [1.165, 1.54) is 25.7 Å². The number of anilines is 2. The number of carbonyl (C=O) groups is 1. The molecule has 1 fully saturated rings. The molecule has 0 radical (unpaired) electrons. The number of carboxylic acid groups (broad SMARTS) is 1. The smallest absolute Gasteiger partial charge is 0.311 e. The molecule has 7 nitrogen and oxygen atoms in total. The molecular weight excluding hydrogens is 402 g/mol. The normalized spacial score (nSPS) is 16.3. The molecule has 0 amide bonds. The van der Waals surface area contributed by atoms with Gasteiger partial charge in [-0.05, 0) is 37.0 Å². The van der Waals surface area contributed by atoms with Gasteiger partial charge in [0.25, 0.3) is 0 Å². The summed E-state index contributed by atoms with van der Waals surface area (Å²) < 4.78 is 2.04. The fourth-order valence-electron chi connectivity index (χ4n) is 4.21. The highest BCUT2D eigenvalue weighted by Crippen LogP contribution is 2.32. The van der Waals surface area contributed by atoms with Gasteiger partial charge >= 0.3 is 5.97 Å². The standard InChI is InChI=1S/C22H26ClN5O2/c1-2-17(21(29)30)18-10-9-15(11-19(18)23)26-22-24-12-14-13-25-28(20(14)27-22)16-7-5-3-4-6-8-16/h9-13,16-17H,2-8H2,1H3,(H,29,30)(H,24,26,27). The maximum atomic E-state index is 11.4. The monoisotopic (exact) mass is 427 g/mol. The number of hydrogen-bond donors (Lipinski definition) is 2. The molecule has 30 heavy (non-hydrogen) atoms. The van der Waals surface area contributed by atoms with Crippen molar-refractivity contribution < 1.29 is 9.90 Å². The van der Waals surface area contributed by atoms with Gasteiger partial charge in [0, 0.05) is 16.9 Å². The molecule has 4 rings (SSSR count). The molecule has 1 aliphatic rings. The molecule has 2 N–H and O–H groups in total. The first-order chi connectivity index (χ1) is 14.6. The van der Waals surface area contributed by atoms with Gasteiger partial charge in [-0.2, -0.15) is 10.1 Å². The second-order valence-corrected chi connectivity index (χ2v) is 8.27. The van der Waals surface area contributed by atoms with Gasteiger partial charge in [0.2, 0.25) is 5.95 Å². The summed E-state index contributed by atoms with van der Waals surface area (Å²) in [5, 5.41) is 18.5. The molecule has 2 heterocycles. The van der Waals surface area contributed by atoms with Crippen molar-refractivity contribution in [1.29, 1.82) is 0 Å². The predicted octanol–water partition coefficient (Wildman–Crippen LogP) is 5.70. The van der Waals surface area contributed by atoms with Crippen LogP contribution in [0.5, 0.6) is 0 Å². The van der Waals surface area contributed by atoms with Crippen LogP contribution >= 0.6 is 11.6 Å². The van der Waals surface area contributed by atoms with Crippen molar-refractivity contribution in [3.05, 3.63) is 41.2 Å². The number of nitrogens with zero attached hydrogens (tertiary/aromatic N) is 4. The first kappa shape index (κ1) is 20.6.